The van der Waals surface area contributed by atoms with Gasteiger partial charge in [0, 0.05) is 5.56 Å². The number of nitrogens with two attached hydrogens (primary N) is 1. The Labute approximate surface area is 95.0 Å². The Morgan fingerprint density at radius 2 is 2.20 bits per heavy atom. The molecule has 1 heterocycles. The first-order chi connectivity index (χ1) is 7.33. The van der Waals surface area contributed by atoms with E-state index in [0.29, 0.717) is 0 Å². The highest BCUT2D eigenvalue weighted by atomic mass is 32.2. The summed E-state index contributed by atoms with van der Waals surface area (Å²) >= 11 is 1.78. The highest BCUT2D eigenvalue weighted by Gasteiger charge is 2.08. The molecule has 0 radical (unpaired) electrons. The fraction of sp³-hybridized carbons (Fsp3) is 0.600. The molecule has 15 heavy (non-hydrogen) atoms. The van der Waals surface area contributed by atoms with E-state index >= 15 is 0 Å². The lowest BCUT2D eigenvalue weighted by molar-refractivity contribution is 0.888. The summed E-state index contributed by atoms with van der Waals surface area (Å²) in [6.45, 7) is 4.28. The van der Waals surface area contributed by atoms with Gasteiger partial charge in [-0.05, 0) is 18.6 Å². The minimum atomic E-state index is 0.742. The van der Waals surface area contributed by atoms with Crippen LogP contribution in [0.1, 0.15) is 32.3 Å². The number of thioether (sulfide) groups is 1. The van der Waals surface area contributed by atoms with E-state index in [1.54, 1.807) is 18.1 Å². The molecular formula is C10H18N4S. The van der Waals surface area contributed by atoms with Gasteiger partial charge in [0.15, 0.2) is 0 Å². The number of nitrogen functional groups attached to an aromatic ring is 1. The summed E-state index contributed by atoms with van der Waals surface area (Å²) < 4.78 is 0. The van der Waals surface area contributed by atoms with Crippen LogP contribution in [-0.4, -0.2) is 15.7 Å². The largest absolute Gasteiger partial charge is 0.308 e. The van der Waals surface area contributed by atoms with Crippen LogP contribution in [0.15, 0.2) is 11.4 Å². The number of hydrazine groups is 1. The number of hydrogen-bond acceptors (Lipinski definition) is 5. The zero-order chi connectivity index (χ0) is 11.1. The molecule has 3 N–H and O–H groups in total. The normalized spacial score (nSPS) is 10.3. The van der Waals surface area contributed by atoms with Crippen molar-refractivity contribution in [3.8, 4) is 0 Å². The number of rotatable bonds is 6. The quantitative estimate of drug-likeness (QED) is 0.256. The summed E-state index contributed by atoms with van der Waals surface area (Å²) in [6.07, 6.45) is 4.88. The van der Waals surface area contributed by atoms with Gasteiger partial charge in [-0.15, -0.1) is 11.8 Å². The summed E-state index contributed by atoms with van der Waals surface area (Å²) in [6, 6.07) is 0. The molecule has 1 aromatic heterocycles. The highest BCUT2D eigenvalue weighted by molar-refractivity contribution is 7.99. The first kappa shape index (κ1) is 12.3. The zero-order valence-corrected chi connectivity index (χ0v) is 10.1. The third-order valence-electron chi connectivity index (χ3n) is 2.13. The molecule has 4 nitrogen and oxygen atoms in total. The van der Waals surface area contributed by atoms with Crippen LogP contribution in [0.5, 0.6) is 0 Å². The van der Waals surface area contributed by atoms with E-state index in [9.17, 15) is 0 Å². The van der Waals surface area contributed by atoms with Gasteiger partial charge in [-0.1, -0.05) is 20.3 Å². The van der Waals surface area contributed by atoms with Gasteiger partial charge in [0.05, 0.1) is 0 Å². The Kier molecular flexibility index (Phi) is 5.42. The molecule has 84 valence electrons. The van der Waals surface area contributed by atoms with Crippen LogP contribution < -0.4 is 11.3 Å². The lowest BCUT2D eigenvalue weighted by Crippen LogP contribution is -2.12. The Hall–Kier alpha value is -0.810. The van der Waals surface area contributed by atoms with Crippen LogP contribution in [0.3, 0.4) is 0 Å². The molecule has 0 saturated heterocycles. The molecule has 0 spiro atoms. The van der Waals surface area contributed by atoms with Gasteiger partial charge in [0.25, 0.3) is 0 Å². The van der Waals surface area contributed by atoms with Crippen molar-refractivity contribution < 1.29 is 0 Å². The maximum atomic E-state index is 5.40. The van der Waals surface area contributed by atoms with Gasteiger partial charge in [0.1, 0.15) is 17.2 Å². The minimum Gasteiger partial charge on any atom is -0.308 e. The maximum Gasteiger partial charge on any atom is 0.147 e. The van der Waals surface area contributed by atoms with Crippen LogP contribution in [0, 0.1) is 0 Å². The molecule has 0 unspecified atom stereocenters. The molecular weight excluding hydrogens is 208 g/mol. The molecule has 0 atom stereocenters. The van der Waals surface area contributed by atoms with Crippen LogP contribution in [0.25, 0.3) is 0 Å². The monoisotopic (exact) mass is 226 g/mol. The van der Waals surface area contributed by atoms with Crippen molar-refractivity contribution in [2.24, 2.45) is 5.84 Å². The summed E-state index contributed by atoms with van der Waals surface area (Å²) in [5.74, 6) is 7.24. The van der Waals surface area contributed by atoms with Crippen LogP contribution in [-0.2, 0) is 6.42 Å². The average molecular weight is 226 g/mol. The van der Waals surface area contributed by atoms with E-state index in [-0.39, 0.29) is 0 Å². The number of unbranched alkanes of at least 4 members (excludes halogenated alkanes) is 1. The van der Waals surface area contributed by atoms with E-state index in [2.05, 4.69) is 29.2 Å². The van der Waals surface area contributed by atoms with Crippen molar-refractivity contribution in [2.75, 3.05) is 11.2 Å². The molecule has 0 bridgehead atoms. The average Bonchev–Trinajstić information content (AvgIpc) is 2.29. The Balaban J connectivity index is 2.76. The van der Waals surface area contributed by atoms with Gasteiger partial charge in [-0.2, -0.15) is 0 Å². The van der Waals surface area contributed by atoms with Gasteiger partial charge in [0.2, 0.25) is 0 Å². The second-order valence-corrected chi connectivity index (χ2v) is 4.29. The van der Waals surface area contributed by atoms with Gasteiger partial charge in [-0.25, -0.2) is 15.8 Å². The van der Waals surface area contributed by atoms with Crippen LogP contribution in [0.4, 0.5) is 5.82 Å². The number of nitrogens with one attached hydrogen (secondary N) is 1. The lowest BCUT2D eigenvalue weighted by Gasteiger charge is -2.09. The molecule has 1 rings (SSSR count). The maximum absolute atomic E-state index is 5.40. The number of anilines is 1. The first-order valence-corrected chi connectivity index (χ1v) is 6.25. The molecule has 0 aliphatic rings. The molecule has 0 fully saturated rings. The van der Waals surface area contributed by atoms with Gasteiger partial charge >= 0.3 is 0 Å². The van der Waals surface area contributed by atoms with E-state index in [1.165, 1.54) is 12.8 Å². The lowest BCUT2D eigenvalue weighted by atomic mass is 10.2. The molecule has 0 aliphatic heterocycles. The summed E-state index contributed by atoms with van der Waals surface area (Å²) in [4.78, 5) is 8.38. The van der Waals surface area contributed by atoms with Crippen molar-refractivity contribution >= 4 is 17.6 Å². The fourth-order valence-corrected chi connectivity index (χ4v) is 2.44. The third-order valence-corrected chi connectivity index (χ3v) is 3.25. The summed E-state index contributed by atoms with van der Waals surface area (Å²) in [7, 11) is 0. The van der Waals surface area contributed by atoms with Crippen LogP contribution >= 0.6 is 11.8 Å². The third kappa shape index (κ3) is 3.35. The summed E-state index contributed by atoms with van der Waals surface area (Å²) in [5, 5.41) is 1.05. The topological polar surface area (TPSA) is 63.8 Å². The standard InChI is InChI=1S/C10H18N4S/c1-3-5-6-15-10-8(4-2)9(14-11)12-7-13-10/h7H,3-6,11H2,1-2H3,(H,12,13,14). The Morgan fingerprint density at radius 1 is 1.40 bits per heavy atom. The molecule has 0 aromatic carbocycles. The molecule has 5 heteroatoms. The van der Waals surface area contributed by atoms with Crippen molar-refractivity contribution in [2.45, 2.75) is 38.1 Å². The van der Waals surface area contributed by atoms with Gasteiger partial charge in [-0.3, -0.25) is 0 Å². The SMILES string of the molecule is CCCCSc1ncnc(NN)c1CC. The predicted molar refractivity (Wildman–Crippen MR) is 64.9 cm³/mol. The van der Waals surface area contributed by atoms with Crippen molar-refractivity contribution in [3.05, 3.63) is 11.9 Å². The molecule has 1 aromatic rings. The smallest absolute Gasteiger partial charge is 0.147 e. The number of nitrogens with zero attached hydrogens (tertiary/aromatic N) is 2. The van der Waals surface area contributed by atoms with Gasteiger partial charge < -0.3 is 5.43 Å². The van der Waals surface area contributed by atoms with E-state index < -0.39 is 0 Å². The number of aromatic nitrogens is 2. The second kappa shape index (κ2) is 6.63. The Bertz CT molecular complexity index is 303. The zero-order valence-electron chi connectivity index (χ0n) is 9.29. The van der Waals surface area contributed by atoms with E-state index in [1.807, 2.05) is 0 Å². The number of hydrogen-bond donors (Lipinski definition) is 2. The molecule has 0 amide bonds. The fourth-order valence-electron chi connectivity index (χ4n) is 1.28. The van der Waals surface area contributed by atoms with Crippen LogP contribution in [0.2, 0.25) is 0 Å². The van der Waals surface area contributed by atoms with Crippen molar-refractivity contribution in [1.29, 1.82) is 0 Å². The highest BCUT2D eigenvalue weighted by Crippen LogP contribution is 2.25. The molecule has 0 saturated carbocycles. The predicted octanol–water partition coefficient (Wildman–Crippen LogP) is 2.22. The van der Waals surface area contributed by atoms with E-state index in [4.69, 9.17) is 5.84 Å². The Morgan fingerprint density at radius 3 is 2.80 bits per heavy atom. The van der Waals surface area contributed by atoms with E-state index in [0.717, 1.165) is 28.6 Å². The second-order valence-electron chi connectivity index (χ2n) is 3.21. The minimum absolute atomic E-state index is 0.742. The first-order valence-electron chi connectivity index (χ1n) is 5.26. The summed E-state index contributed by atoms with van der Waals surface area (Å²) in [5.41, 5.74) is 3.72. The van der Waals surface area contributed by atoms with Crippen molar-refractivity contribution in [1.82, 2.24) is 9.97 Å². The van der Waals surface area contributed by atoms with Crippen molar-refractivity contribution in [3.63, 3.8) is 0 Å². The molecule has 0 aliphatic carbocycles.